The molecule has 0 saturated carbocycles. The normalized spacial score (nSPS) is 21.4. The number of carbonyl (C=O) groups is 2. The maximum atomic E-state index is 11.7. The van der Waals surface area contributed by atoms with Crippen LogP contribution in [0.15, 0.2) is 0 Å². The number of urea groups is 1. The van der Waals surface area contributed by atoms with Crippen LogP contribution in [0, 0.1) is 5.92 Å². The minimum atomic E-state index is -0.884. The van der Waals surface area contributed by atoms with Crippen LogP contribution in [0.1, 0.15) is 34.1 Å². The van der Waals surface area contributed by atoms with E-state index in [-0.39, 0.29) is 18.5 Å². The minimum Gasteiger partial charge on any atom is -0.481 e. The van der Waals surface area contributed by atoms with Crippen LogP contribution in [-0.4, -0.2) is 40.1 Å². The Morgan fingerprint density at radius 2 is 2.19 bits per heavy atom. The molecule has 0 bridgehead atoms. The molecule has 92 valence electrons. The van der Waals surface area contributed by atoms with Crippen LogP contribution in [0.4, 0.5) is 4.79 Å². The zero-order valence-electron chi connectivity index (χ0n) is 10.3. The van der Waals surface area contributed by atoms with Crippen molar-refractivity contribution >= 4 is 12.0 Å². The number of nitrogens with zero attached hydrogens (tertiary/aromatic N) is 1. The summed E-state index contributed by atoms with van der Waals surface area (Å²) in [4.78, 5) is 24.1. The highest BCUT2D eigenvalue weighted by molar-refractivity contribution is 5.79. The van der Waals surface area contributed by atoms with E-state index in [1.165, 1.54) is 0 Å². The molecule has 2 amide bonds. The molecule has 16 heavy (non-hydrogen) atoms. The van der Waals surface area contributed by atoms with E-state index in [9.17, 15) is 9.59 Å². The van der Waals surface area contributed by atoms with Gasteiger partial charge in [0.15, 0.2) is 0 Å². The van der Waals surface area contributed by atoms with Gasteiger partial charge < -0.3 is 15.3 Å². The molecule has 0 aromatic rings. The van der Waals surface area contributed by atoms with E-state index in [4.69, 9.17) is 5.11 Å². The Morgan fingerprint density at radius 1 is 1.62 bits per heavy atom. The highest BCUT2D eigenvalue weighted by Gasteiger charge is 2.40. The predicted octanol–water partition coefficient (Wildman–Crippen LogP) is 1.29. The highest BCUT2D eigenvalue weighted by atomic mass is 16.4. The predicted molar refractivity (Wildman–Crippen MR) is 60.2 cm³/mol. The fraction of sp³-hybridized carbons (Fsp3) is 0.818. The van der Waals surface area contributed by atoms with Crippen molar-refractivity contribution in [3.63, 3.8) is 0 Å². The summed E-state index contributed by atoms with van der Waals surface area (Å²) >= 11 is 0. The van der Waals surface area contributed by atoms with Gasteiger partial charge in [-0.3, -0.25) is 4.79 Å². The van der Waals surface area contributed by atoms with Crippen molar-refractivity contribution in [1.82, 2.24) is 10.2 Å². The Hall–Kier alpha value is -1.26. The zero-order valence-corrected chi connectivity index (χ0v) is 10.3. The second kappa shape index (κ2) is 4.31. The monoisotopic (exact) mass is 228 g/mol. The Morgan fingerprint density at radius 3 is 2.56 bits per heavy atom. The van der Waals surface area contributed by atoms with E-state index in [1.54, 1.807) is 18.7 Å². The molecule has 1 aliphatic heterocycles. The Labute approximate surface area is 95.8 Å². The molecular formula is C11H20N2O3. The third-order valence-electron chi connectivity index (χ3n) is 3.05. The van der Waals surface area contributed by atoms with Crippen LogP contribution < -0.4 is 5.32 Å². The first-order chi connectivity index (χ1) is 7.24. The molecule has 5 nitrogen and oxygen atoms in total. The molecule has 0 radical (unpaired) electrons. The van der Waals surface area contributed by atoms with Gasteiger partial charge in [-0.15, -0.1) is 0 Å². The number of hydrogen-bond acceptors (Lipinski definition) is 2. The summed E-state index contributed by atoms with van der Waals surface area (Å²) in [6.45, 7) is 8.22. The number of carboxylic acid groups (broad SMARTS) is 1. The highest BCUT2D eigenvalue weighted by Crippen LogP contribution is 2.24. The summed E-state index contributed by atoms with van der Waals surface area (Å²) in [5.74, 6) is -0.527. The molecule has 1 unspecified atom stereocenters. The van der Waals surface area contributed by atoms with Crippen molar-refractivity contribution in [3.8, 4) is 0 Å². The molecule has 0 spiro atoms. The van der Waals surface area contributed by atoms with Crippen molar-refractivity contribution in [2.24, 2.45) is 5.92 Å². The van der Waals surface area contributed by atoms with Gasteiger partial charge >= 0.3 is 12.0 Å². The van der Waals surface area contributed by atoms with Crippen LogP contribution in [0.2, 0.25) is 0 Å². The molecule has 5 heteroatoms. The van der Waals surface area contributed by atoms with Gasteiger partial charge in [0.25, 0.3) is 0 Å². The van der Waals surface area contributed by atoms with Gasteiger partial charge in [-0.2, -0.15) is 0 Å². The van der Waals surface area contributed by atoms with Gasteiger partial charge in [-0.25, -0.2) is 4.79 Å². The van der Waals surface area contributed by atoms with Crippen molar-refractivity contribution in [1.29, 1.82) is 0 Å². The Bertz CT molecular complexity index is 300. The molecule has 1 heterocycles. The number of hydrogen-bond donors (Lipinski definition) is 2. The summed E-state index contributed by atoms with van der Waals surface area (Å²) in [5, 5.41) is 11.7. The summed E-state index contributed by atoms with van der Waals surface area (Å²) in [6.07, 6.45) is -0.0365. The van der Waals surface area contributed by atoms with Crippen LogP contribution in [-0.2, 0) is 4.79 Å². The summed E-state index contributed by atoms with van der Waals surface area (Å²) < 4.78 is 0. The molecule has 0 aromatic carbocycles. The SMILES string of the molecule is CC(C)C1CN(C(C)(C)CC(=O)O)C(=O)N1. The zero-order chi connectivity index (χ0) is 12.5. The number of carbonyl (C=O) groups excluding carboxylic acids is 1. The summed E-state index contributed by atoms with van der Waals surface area (Å²) in [6, 6.07) is -0.0504. The third kappa shape index (κ3) is 2.65. The first-order valence-corrected chi connectivity index (χ1v) is 5.54. The van der Waals surface area contributed by atoms with E-state index >= 15 is 0 Å². The Balaban J connectivity index is 2.74. The van der Waals surface area contributed by atoms with Crippen LogP contribution >= 0.6 is 0 Å². The molecule has 0 aliphatic carbocycles. The molecule has 1 saturated heterocycles. The number of rotatable bonds is 4. The molecule has 1 atom stereocenters. The lowest BCUT2D eigenvalue weighted by molar-refractivity contribution is -0.139. The first-order valence-electron chi connectivity index (χ1n) is 5.54. The third-order valence-corrected chi connectivity index (χ3v) is 3.05. The van der Waals surface area contributed by atoms with E-state index < -0.39 is 11.5 Å². The topological polar surface area (TPSA) is 69.6 Å². The van der Waals surface area contributed by atoms with Gasteiger partial charge in [-0.05, 0) is 19.8 Å². The number of carboxylic acids is 1. The molecular weight excluding hydrogens is 208 g/mol. The van der Waals surface area contributed by atoms with Crippen molar-refractivity contribution in [2.45, 2.75) is 45.7 Å². The molecule has 0 aromatic heterocycles. The maximum Gasteiger partial charge on any atom is 0.318 e. The van der Waals surface area contributed by atoms with Gasteiger partial charge in [0.1, 0.15) is 0 Å². The lowest BCUT2D eigenvalue weighted by Crippen LogP contribution is -2.47. The fourth-order valence-electron chi connectivity index (χ4n) is 1.93. The van der Waals surface area contributed by atoms with Crippen LogP contribution in [0.5, 0.6) is 0 Å². The largest absolute Gasteiger partial charge is 0.481 e. The van der Waals surface area contributed by atoms with Crippen LogP contribution in [0.3, 0.4) is 0 Å². The first kappa shape index (κ1) is 12.8. The molecule has 1 aliphatic rings. The van der Waals surface area contributed by atoms with Gasteiger partial charge in [0.2, 0.25) is 0 Å². The number of aliphatic carboxylic acids is 1. The van der Waals surface area contributed by atoms with E-state index in [0.29, 0.717) is 12.5 Å². The van der Waals surface area contributed by atoms with Crippen molar-refractivity contribution in [2.75, 3.05) is 6.54 Å². The minimum absolute atomic E-state index is 0.0365. The van der Waals surface area contributed by atoms with Gasteiger partial charge in [0.05, 0.1) is 12.5 Å². The molecule has 1 rings (SSSR count). The lowest BCUT2D eigenvalue weighted by Gasteiger charge is -2.33. The fourth-order valence-corrected chi connectivity index (χ4v) is 1.93. The van der Waals surface area contributed by atoms with Gasteiger partial charge in [0, 0.05) is 12.1 Å². The van der Waals surface area contributed by atoms with Crippen molar-refractivity contribution < 1.29 is 14.7 Å². The average molecular weight is 228 g/mol. The number of amides is 2. The second-order valence-electron chi connectivity index (χ2n) is 5.29. The number of nitrogens with one attached hydrogen (secondary N) is 1. The van der Waals surface area contributed by atoms with E-state index in [2.05, 4.69) is 5.32 Å². The lowest BCUT2D eigenvalue weighted by atomic mass is 9.97. The maximum absolute atomic E-state index is 11.7. The summed E-state index contributed by atoms with van der Waals surface area (Å²) in [7, 11) is 0. The van der Waals surface area contributed by atoms with Gasteiger partial charge in [-0.1, -0.05) is 13.8 Å². The average Bonchev–Trinajstić information content (AvgIpc) is 2.45. The Kier molecular flexibility index (Phi) is 3.45. The van der Waals surface area contributed by atoms with Crippen molar-refractivity contribution in [3.05, 3.63) is 0 Å². The quantitative estimate of drug-likeness (QED) is 0.761. The molecule has 2 N–H and O–H groups in total. The standard InChI is InChI=1S/C11H20N2O3/c1-7(2)8-6-13(10(16)12-8)11(3,4)5-9(14)15/h7-8H,5-6H2,1-4H3,(H,12,16)(H,14,15). The van der Waals surface area contributed by atoms with E-state index in [1.807, 2.05) is 13.8 Å². The van der Waals surface area contributed by atoms with Crippen LogP contribution in [0.25, 0.3) is 0 Å². The van der Waals surface area contributed by atoms with E-state index in [0.717, 1.165) is 0 Å². The second-order valence-corrected chi connectivity index (χ2v) is 5.29. The summed E-state index contributed by atoms with van der Waals surface area (Å²) in [5.41, 5.74) is -0.639. The molecule has 1 fully saturated rings. The smallest absolute Gasteiger partial charge is 0.318 e.